The van der Waals surface area contributed by atoms with Gasteiger partial charge < -0.3 is 5.32 Å². The van der Waals surface area contributed by atoms with Crippen LogP contribution in [0.2, 0.25) is 5.02 Å². The maximum absolute atomic E-state index is 13.4. The van der Waals surface area contributed by atoms with Crippen LogP contribution < -0.4 is 5.32 Å². The fraction of sp³-hybridized carbons (Fsp3) is 0.250. The monoisotopic (exact) mass is 277 g/mol. The molecular weight excluding hydrogens is 261 g/mol. The molecule has 1 atom stereocenters. The molecule has 2 rings (SSSR count). The van der Waals surface area contributed by atoms with Crippen molar-refractivity contribution in [1.82, 2.24) is 5.32 Å². The van der Waals surface area contributed by atoms with Crippen molar-refractivity contribution in [2.75, 3.05) is 7.05 Å². The van der Waals surface area contributed by atoms with E-state index in [0.717, 1.165) is 22.3 Å². The Balaban J connectivity index is 2.54. The van der Waals surface area contributed by atoms with Crippen molar-refractivity contribution in [1.29, 1.82) is 0 Å². The van der Waals surface area contributed by atoms with Crippen LogP contribution in [0.25, 0.3) is 0 Å². The Morgan fingerprint density at radius 3 is 2.26 bits per heavy atom. The molecule has 100 valence electrons. The highest BCUT2D eigenvalue weighted by Gasteiger charge is 2.17. The summed E-state index contributed by atoms with van der Waals surface area (Å²) in [7, 11) is 1.90. The van der Waals surface area contributed by atoms with E-state index in [1.54, 1.807) is 12.1 Å². The third-order valence-corrected chi connectivity index (χ3v) is 3.55. The molecule has 0 heterocycles. The van der Waals surface area contributed by atoms with Gasteiger partial charge in [0, 0.05) is 5.02 Å². The zero-order valence-electron chi connectivity index (χ0n) is 11.3. The summed E-state index contributed by atoms with van der Waals surface area (Å²) in [5.74, 6) is -0.195. The first-order valence-corrected chi connectivity index (χ1v) is 6.60. The van der Waals surface area contributed by atoms with Gasteiger partial charge in [-0.2, -0.15) is 0 Å². The first kappa shape index (κ1) is 14.0. The molecule has 0 fully saturated rings. The van der Waals surface area contributed by atoms with Crippen LogP contribution in [0.15, 0.2) is 36.4 Å². The van der Waals surface area contributed by atoms with Gasteiger partial charge in [0.15, 0.2) is 0 Å². The van der Waals surface area contributed by atoms with Crippen molar-refractivity contribution in [3.8, 4) is 0 Å². The molecule has 0 aliphatic rings. The molecule has 0 saturated heterocycles. The van der Waals surface area contributed by atoms with Gasteiger partial charge in [-0.15, -0.1) is 0 Å². The second-order valence-electron chi connectivity index (χ2n) is 4.73. The SMILES string of the molecule is CNC(c1cccc(Cl)c1)c1c(C)cc(F)cc1C. The van der Waals surface area contributed by atoms with Crippen molar-refractivity contribution in [2.24, 2.45) is 0 Å². The summed E-state index contributed by atoms with van der Waals surface area (Å²) < 4.78 is 13.4. The first-order valence-electron chi connectivity index (χ1n) is 6.22. The van der Waals surface area contributed by atoms with E-state index in [9.17, 15) is 4.39 Å². The lowest BCUT2D eigenvalue weighted by molar-refractivity contribution is 0.618. The van der Waals surface area contributed by atoms with Crippen LogP contribution in [0.4, 0.5) is 4.39 Å². The molecule has 0 aromatic heterocycles. The summed E-state index contributed by atoms with van der Waals surface area (Å²) in [5.41, 5.74) is 4.06. The average Bonchev–Trinajstić information content (AvgIpc) is 2.33. The third-order valence-electron chi connectivity index (χ3n) is 3.32. The largest absolute Gasteiger partial charge is 0.309 e. The summed E-state index contributed by atoms with van der Waals surface area (Å²) in [6, 6.07) is 10.9. The van der Waals surface area contributed by atoms with E-state index in [0.29, 0.717) is 5.02 Å². The van der Waals surface area contributed by atoms with Crippen LogP contribution >= 0.6 is 11.6 Å². The topological polar surface area (TPSA) is 12.0 Å². The highest BCUT2D eigenvalue weighted by Crippen LogP contribution is 2.29. The number of halogens is 2. The highest BCUT2D eigenvalue weighted by molar-refractivity contribution is 6.30. The molecule has 2 aromatic rings. The summed E-state index contributed by atoms with van der Waals surface area (Å²) in [6.45, 7) is 3.86. The Morgan fingerprint density at radius 2 is 1.74 bits per heavy atom. The number of hydrogen-bond acceptors (Lipinski definition) is 1. The lowest BCUT2D eigenvalue weighted by Crippen LogP contribution is -2.20. The molecule has 1 unspecified atom stereocenters. The number of benzene rings is 2. The average molecular weight is 278 g/mol. The Morgan fingerprint density at radius 1 is 1.11 bits per heavy atom. The Hall–Kier alpha value is -1.38. The quantitative estimate of drug-likeness (QED) is 0.876. The molecule has 3 heteroatoms. The predicted octanol–water partition coefficient (Wildman–Crippen LogP) is 4.40. The van der Waals surface area contributed by atoms with Gasteiger partial charge in [0.25, 0.3) is 0 Å². The van der Waals surface area contributed by atoms with Crippen LogP contribution in [-0.2, 0) is 0 Å². The molecule has 0 aliphatic carbocycles. The molecule has 0 aliphatic heterocycles. The van der Waals surface area contributed by atoms with Crippen molar-refractivity contribution >= 4 is 11.6 Å². The van der Waals surface area contributed by atoms with Gasteiger partial charge >= 0.3 is 0 Å². The van der Waals surface area contributed by atoms with Gasteiger partial charge in [-0.3, -0.25) is 0 Å². The van der Waals surface area contributed by atoms with Crippen LogP contribution in [0.3, 0.4) is 0 Å². The van der Waals surface area contributed by atoms with Gasteiger partial charge in [-0.05, 0) is 67.4 Å². The van der Waals surface area contributed by atoms with E-state index in [1.165, 1.54) is 0 Å². The van der Waals surface area contributed by atoms with Crippen molar-refractivity contribution < 1.29 is 4.39 Å². The molecule has 0 saturated carbocycles. The van der Waals surface area contributed by atoms with Gasteiger partial charge in [-0.25, -0.2) is 4.39 Å². The maximum atomic E-state index is 13.4. The number of hydrogen-bond donors (Lipinski definition) is 1. The molecular formula is C16H17ClFN. The number of rotatable bonds is 3. The van der Waals surface area contributed by atoms with E-state index in [1.807, 2.05) is 45.2 Å². The maximum Gasteiger partial charge on any atom is 0.123 e. The van der Waals surface area contributed by atoms with Gasteiger partial charge in [0.1, 0.15) is 5.82 Å². The standard InChI is InChI=1S/C16H17ClFN/c1-10-7-14(18)8-11(2)15(10)16(19-3)12-5-4-6-13(17)9-12/h4-9,16,19H,1-3H3. The lowest BCUT2D eigenvalue weighted by Gasteiger charge is -2.22. The molecule has 0 radical (unpaired) electrons. The zero-order valence-corrected chi connectivity index (χ0v) is 12.1. The van der Waals surface area contributed by atoms with Crippen LogP contribution in [-0.4, -0.2) is 7.05 Å². The number of nitrogens with one attached hydrogen (secondary N) is 1. The van der Waals surface area contributed by atoms with Crippen LogP contribution in [0, 0.1) is 19.7 Å². The van der Waals surface area contributed by atoms with E-state index in [-0.39, 0.29) is 11.9 Å². The molecule has 2 aromatic carbocycles. The van der Waals surface area contributed by atoms with E-state index < -0.39 is 0 Å². The Labute approximate surface area is 118 Å². The van der Waals surface area contributed by atoms with Gasteiger partial charge in [0.2, 0.25) is 0 Å². The van der Waals surface area contributed by atoms with E-state index >= 15 is 0 Å². The second kappa shape index (κ2) is 5.72. The normalized spacial score (nSPS) is 12.5. The van der Waals surface area contributed by atoms with Crippen molar-refractivity contribution in [3.63, 3.8) is 0 Å². The van der Waals surface area contributed by atoms with Crippen LogP contribution in [0.5, 0.6) is 0 Å². The smallest absolute Gasteiger partial charge is 0.123 e. The molecule has 19 heavy (non-hydrogen) atoms. The molecule has 1 nitrogen and oxygen atoms in total. The fourth-order valence-electron chi connectivity index (χ4n) is 2.54. The van der Waals surface area contributed by atoms with Crippen LogP contribution in [0.1, 0.15) is 28.3 Å². The Bertz CT molecular complexity index is 572. The van der Waals surface area contributed by atoms with E-state index in [2.05, 4.69) is 5.32 Å². The molecule has 0 spiro atoms. The summed E-state index contributed by atoms with van der Waals surface area (Å²) in [5, 5.41) is 3.99. The van der Waals surface area contributed by atoms with E-state index in [4.69, 9.17) is 11.6 Å². The highest BCUT2D eigenvalue weighted by atomic mass is 35.5. The van der Waals surface area contributed by atoms with Crippen molar-refractivity contribution in [2.45, 2.75) is 19.9 Å². The molecule has 0 amide bonds. The minimum Gasteiger partial charge on any atom is -0.309 e. The predicted molar refractivity (Wildman–Crippen MR) is 78.2 cm³/mol. The second-order valence-corrected chi connectivity index (χ2v) is 5.17. The first-order chi connectivity index (χ1) is 9.02. The molecule has 1 N–H and O–H groups in total. The third kappa shape index (κ3) is 2.96. The fourth-order valence-corrected chi connectivity index (χ4v) is 2.74. The van der Waals surface area contributed by atoms with Gasteiger partial charge in [-0.1, -0.05) is 23.7 Å². The molecule has 0 bridgehead atoms. The minimum atomic E-state index is -0.195. The lowest BCUT2D eigenvalue weighted by atomic mass is 9.91. The Kier molecular flexibility index (Phi) is 4.23. The summed E-state index contributed by atoms with van der Waals surface area (Å²) in [4.78, 5) is 0. The summed E-state index contributed by atoms with van der Waals surface area (Å²) in [6.07, 6.45) is 0. The summed E-state index contributed by atoms with van der Waals surface area (Å²) >= 11 is 6.05. The number of aryl methyl sites for hydroxylation is 2. The minimum absolute atomic E-state index is 0.0132. The zero-order chi connectivity index (χ0) is 14.0. The van der Waals surface area contributed by atoms with Gasteiger partial charge in [0.05, 0.1) is 6.04 Å². The van der Waals surface area contributed by atoms with Crippen molar-refractivity contribution in [3.05, 3.63) is 69.5 Å².